The average molecular weight is 1450 g/mol. The topological polar surface area (TPSA) is 0 Å². The fourth-order valence-corrected chi connectivity index (χ4v) is 22.1. The van der Waals surface area contributed by atoms with Gasteiger partial charge in [0.2, 0.25) is 0 Å². The molecule has 21 aromatic carbocycles. The van der Waals surface area contributed by atoms with Gasteiger partial charge in [0, 0.05) is 45.9 Å². The van der Waals surface area contributed by atoms with Gasteiger partial charge in [0.05, 0.1) is 0 Å². The van der Waals surface area contributed by atoms with Crippen LogP contribution < -0.4 is 0 Å². The van der Waals surface area contributed by atoms with Crippen molar-refractivity contribution in [3.05, 3.63) is 387 Å². The molecule has 112 heavy (non-hydrogen) atoms. The predicted octanol–water partition coefficient (Wildman–Crippen LogP) is 31.9. The van der Waals surface area contributed by atoms with Crippen LogP contribution in [0, 0.1) is 0 Å². The van der Waals surface area contributed by atoms with E-state index in [0.717, 1.165) is 18.4 Å². The van der Waals surface area contributed by atoms with Gasteiger partial charge in [-0.25, -0.2) is 0 Å². The van der Waals surface area contributed by atoms with E-state index < -0.39 is 0 Å². The largest absolute Gasteiger partial charge is 0.135 e. The normalized spacial score (nSPS) is 12.4. The minimum Gasteiger partial charge on any atom is -0.135 e. The highest BCUT2D eigenvalue weighted by atomic mass is 32.1. The Morgan fingerprint density at radius 2 is 0.482 bits per heavy atom. The maximum atomic E-state index is 2.51. The van der Waals surface area contributed by atoms with E-state index in [-0.39, 0.29) is 0 Å². The minimum atomic E-state index is 0.986. The fraction of sp³-hybridized carbons (Fsp3) is 0.0182. The molecule has 0 nitrogen and oxygen atoms in total. The van der Waals surface area contributed by atoms with E-state index in [1.165, 1.54) is 243 Å². The minimum absolute atomic E-state index is 0.986. The van der Waals surface area contributed by atoms with E-state index in [1.54, 1.807) is 0 Å². The molecular weight excluding hydrogens is 1390 g/mol. The van der Waals surface area contributed by atoms with E-state index in [0.29, 0.717) is 0 Å². The van der Waals surface area contributed by atoms with Gasteiger partial charge in [-0.05, 0) is 276 Å². The van der Waals surface area contributed by atoms with E-state index in [1.807, 2.05) is 22.7 Å². The van der Waals surface area contributed by atoms with Crippen LogP contribution in [0.3, 0.4) is 0 Å². The molecule has 1 aliphatic rings. The van der Waals surface area contributed by atoms with Crippen LogP contribution in [0.4, 0.5) is 0 Å². The van der Waals surface area contributed by atoms with Gasteiger partial charge >= 0.3 is 0 Å². The summed E-state index contributed by atoms with van der Waals surface area (Å²) in [5, 5.41) is 28.1. The Kier molecular flexibility index (Phi) is 14.1. The Hall–Kier alpha value is -13.6. The van der Waals surface area contributed by atoms with E-state index in [2.05, 4.69) is 376 Å². The second kappa shape index (κ2) is 25.0. The van der Waals surface area contributed by atoms with Gasteiger partial charge < -0.3 is 0 Å². The molecule has 0 unspecified atom stereocenters. The fourth-order valence-electron chi connectivity index (χ4n) is 19.5. The van der Waals surface area contributed by atoms with Crippen molar-refractivity contribution in [2.24, 2.45) is 0 Å². The van der Waals surface area contributed by atoms with Crippen LogP contribution in [-0.4, -0.2) is 0 Å². The maximum Gasteiger partial charge on any atom is 0.0434 e. The third-order valence-electron chi connectivity index (χ3n) is 24.7. The van der Waals surface area contributed by atoms with Crippen LogP contribution in [0.5, 0.6) is 0 Å². The van der Waals surface area contributed by atoms with Gasteiger partial charge in [0.25, 0.3) is 0 Å². The quantitative estimate of drug-likeness (QED) is 0.133. The Bertz CT molecular complexity index is 7900. The molecule has 0 atom stereocenters. The SMILES string of the molecule is c1ccc(-c2cccc3c2sc2c(-c4cc(-c5ccc6c7ccccc7c7ccccc7c6c5)ccc4-c4cc(-c5ccc6c7ccccc7c7ccccc7c6c5)cc(-c5cccc6c5sc5cc(-c7cc(-c8ccc9c%10ccccc%10c%10ccccc%10c9c8)c8c(c7)-c7ccccc7CC8)ccc56)c4)cccc23)cc1. The molecule has 24 rings (SSSR count). The molecule has 2 heteroatoms. The van der Waals surface area contributed by atoms with Crippen LogP contribution in [-0.2, 0) is 12.8 Å². The number of hydrogen-bond acceptors (Lipinski definition) is 2. The zero-order valence-corrected chi connectivity index (χ0v) is 62.7. The number of thiophene rings is 2. The maximum absolute atomic E-state index is 2.51. The Morgan fingerprint density at radius 3 is 1.04 bits per heavy atom. The molecule has 2 aromatic heterocycles. The molecule has 0 amide bonds. The third kappa shape index (κ3) is 9.79. The summed E-state index contributed by atoms with van der Waals surface area (Å²) >= 11 is 3.85. The molecule has 0 spiro atoms. The molecular formula is C110H66S2. The van der Waals surface area contributed by atoms with E-state index >= 15 is 0 Å². The summed E-state index contributed by atoms with van der Waals surface area (Å²) in [5.74, 6) is 0. The van der Waals surface area contributed by atoms with Gasteiger partial charge in [-0.3, -0.25) is 0 Å². The third-order valence-corrected chi connectivity index (χ3v) is 27.2. The molecule has 0 saturated carbocycles. The van der Waals surface area contributed by atoms with Crippen LogP contribution in [0.25, 0.3) is 237 Å². The number of aryl methyl sites for hydroxylation is 1. The molecule has 518 valence electrons. The highest BCUT2D eigenvalue weighted by molar-refractivity contribution is 7.27. The first-order valence-corrected chi connectivity index (χ1v) is 40.7. The predicted molar refractivity (Wildman–Crippen MR) is 486 cm³/mol. The van der Waals surface area contributed by atoms with Crippen LogP contribution in [0.1, 0.15) is 11.1 Å². The molecule has 1 aliphatic carbocycles. The first-order valence-electron chi connectivity index (χ1n) is 39.0. The Morgan fingerprint density at radius 1 is 0.143 bits per heavy atom. The highest BCUT2D eigenvalue weighted by Crippen LogP contribution is 2.52. The van der Waals surface area contributed by atoms with Crippen molar-refractivity contribution in [3.63, 3.8) is 0 Å². The van der Waals surface area contributed by atoms with Crippen molar-refractivity contribution >= 4 is 160 Å². The van der Waals surface area contributed by atoms with Crippen LogP contribution >= 0.6 is 22.7 Å². The Labute approximate surface area is 655 Å². The van der Waals surface area contributed by atoms with Crippen molar-refractivity contribution in [2.45, 2.75) is 12.8 Å². The van der Waals surface area contributed by atoms with Crippen LogP contribution in [0.15, 0.2) is 376 Å². The Balaban J connectivity index is 0.720. The number of rotatable bonds is 8. The lowest BCUT2D eigenvalue weighted by atomic mass is 9.79. The molecule has 0 radical (unpaired) electrons. The summed E-state index contributed by atoms with van der Waals surface area (Å²) in [7, 11) is 0. The second-order valence-corrected chi connectivity index (χ2v) is 32.7. The van der Waals surface area contributed by atoms with Gasteiger partial charge in [0.1, 0.15) is 0 Å². The monoisotopic (exact) mass is 1450 g/mol. The molecule has 0 aliphatic heterocycles. The van der Waals surface area contributed by atoms with Crippen molar-refractivity contribution < 1.29 is 0 Å². The van der Waals surface area contributed by atoms with Crippen molar-refractivity contribution in [1.29, 1.82) is 0 Å². The summed E-state index contributed by atoms with van der Waals surface area (Å²) < 4.78 is 5.13. The smallest absolute Gasteiger partial charge is 0.0434 e. The molecule has 0 saturated heterocycles. The number of fused-ring (bicyclic) bond motifs is 27. The summed E-state index contributed by atoms with van der Waals surface area (Å²) in [5.41, 5.74) is 24.9. The molecule has 0 fully saturated rings. The zero-order chi connectivity index (χ0) is 73.2. The standard InChI is InChI=1S/C110H66S2/c1-2-21-65(22-3-1)78-37-18-40-98-99-41-20-42-100(110(99)112-109(78)98)103-58-67(68-45-51-92-86-31-9-6-25-80(86)83-28-12-15-34-89(83)104(92)59-68)44-49-77(103)74-55-72(69-46-52-93-87-32-10-7-26-81(87)84-29-13-16-35-90(84)105(93)60-69)56-75(57-74)79-38-19-39-97-96-54-47-70(64-107(96)111-108(79)97)73-62-101(95-50-43-66-23-4-5-24-76(66)102(95)63-73)71-48-53-94-88-33-11-8-27-82(88)85-30-14-17-36-91(85)106(94)61-71/h1-42,44-49,51-64H,43,50H2. The van der Waals surface area contributed by atoms with Crippen molar-refractivity contribution in [2.75, 3.05) is 0 Å². The lowest BCUT2D eigenvalue weighted by Crippen LogP contribution is -2.06. The van der Waals surface area contributed by atoms with Gasteiger partial charge in [0.15, 0.2) is 0 Å². The van der Waals surface area contributed by atoms with Gasteiger partial charge in [-0.15, -0.1) is 22.7 Å². The van der Waals surface area contributed by atoms with Crippen molar-refractivity contribution in [1.82, 2.24) is 0 Å². The lowest BCUT2D eigenvalue weighted by molar-refractivity contribution is 0.944. The van der Waals surface area contributed by atoms with E-state index in [9.17, 15) is 0 Å². The van der Waals surface area contributed by atoms with Crippen LogP contribution in [0.2, 0.25) is 0 Å². The zero-order valence-electron chi connectivity index (χ0n) is 61.0. The summed E-state index contributed by atoms with van der Waals surface area (Å²) in [4.78, 5) is 0. The number of hydrogen-bond donors (Lipinski definition) is 0. The number of benzene rings is 21. The first kappa shape index (κ1) is 63.3. The van der Waals surface area contributed by atoms with Gasteiger partial charge in [-0.2, -0.15) is 0 Å². The summed E-state index contributed by atoms with van der Waals surface area (Å²) in [6.45, 7) is 0. The molecule has 0 bridgehead atoms. The average Bonchev–Trinajstić information content (AvgIpc) is 1.69. The molecule has 2 heterocycles. The van der Waals surface area contributed by atoms with Gasteiger partial charge in [-0.1, -0.05) is 315 Å². The van der Waals surface area contributed by atoms with Crippen molar-refractivity contribution in [3.8, 4) is 100 Å². The lowest BCUT2D eigenvalue weighted by Gasteiger charge is -2.24. The second-order valence-electron chi connectivity index (χ2n) is 30.6. The summed E-state index contributed by atoms with van der Waals surface area (Å²) in [6, 6.07) is 143. The van der Waals surface area contributed by atoms with E-state index in [4.69, 9.17) is 0 Å². The summed E-state index contributed by atoms with van der Waals surface area (Å²) in [6.07, 6.45) is 2.00. The first-order chi connectivity index (χ1) is 55.5. The molecule has 23 aromatic rings. The highest BCUT2D eigenvalue weighted by Gasteiger charge is 2.26. The molecule has 0 N–H and O–H groups in total.